The lowest BCUT2D eigenvalue weighted by molar-refractivity contribution is 0.178. The largest absolute Gasteiger partial charge is 0.473 e. The van der Waals surface area contributed by atoms with Gasteiger partial charge in [0, 0.05) is 0 Å². The van der Waals surface area contributed by atoms with E-state index in [1.807, 2.05) is 0 Å². The summed E-state index contributed by atoms with van der Waals surface area (Å²) in [5, 5.41) is 0. The number of nitrogens with two attached hydrogens (primary N) is 1. The van der Waals surface area contributed by atoms with Crippen LogP contribution in [-0.4, -0.2) is 26.0 Å². The molecule has 6 heteroatoms. The molecular weight excluding hydrogens is 230 g/mol. The van der Waals surface area contributed by atoms with E-state index >= 15 is 0 Å². The smallest absolute Gasteiger partial charge is 0.245 e. The number of rotatable bonds is 2. The first-order valence-electron chi connectivity index (χ1n) is 6.46. The molecule has 0 unspecified atom stereocenters. The van der Waals surface area contributed by atoms with Crippen LogP contribution in [0.5, 0.6) is 5.88 Å². The molecular formula is C12H17N5O. The van der Waals surface area contributed by atoms with Crippen LogP contribution in [0.3, 0.4) is 0 Å². The summed E-state index contributed by atoms with van der Waals surface area (Å²) >= 11 is 0. The molecule has 2 aromatic heterocycles. The van der Waals surface area contributed by atoms with Crippen molar-refractivity contribution in [2.24, 2.45) is 0 Å². The van der Waals surface area contributed by atoms with E-state index in [0.717, 1.165) is 18.4 Å². The predicted molar refractivity (Wildman–Crippen MR) is 68.2 cm³/mol. The molecule has 0 spiro atoms. The Morgan fingerprint density at radius 2 is 1.94 bits per heavy atom. The number of nitrogens with zero attached hydrogens (tertiary/aromatic N) is 3. The first-order valence-corrected chi connectivity index (χ1v) is 6.46. The Kier molecular flexibility index (Phi) is 3.00. The van der Waals surface area contributed by atoms with Gasteiger partial charge in [-0.15, -0.1) is 0 Å². The molecule has 6 nitrogen and oxygen atoms in total. The van der Waals surface area contributed by atoms with Crippen molar-refractivity contribution in [3.63, 3.8) is 0 Å². The first-order chi connectivity index (χ1) is 8.83. The van der Waals surface area contributed by atoms with Gasteiger partial charge >= 0.3 is 0 Å². The van der Waals surface area contributed by atoms with Crippen molar-refractivity contribution < 1.29 is 4.74 Å². The second kappa shape index (κ2) is 4.80. The number of aromatic amines is 1. The van der Waals surface area contributed by atoms with Crippen LogP contribution in [0.2, 0.25) is 0 Å². The van der Waals surface area contributed by atoms with E-state index in [1.165, 1.54) is 25.7 Å². The average Bonchev–Trinajstić information content (AvgIpc) is 2.66. The molecule has 1 aliphatic carbocycles. The van der Waals surface area contributed by atoms with E-state index in [0.29, 0.717) is 11.5 Å². The molecule has 3 N–H and O–H groups in total. The van der Waals surface area contributed by atoms with E-state index < -0.39 is 0 Å². The highest BCUT2D eigenvalue weighted by Crippen LogP contribution is 2.25. The fraction of sp³-hybridized carbons (Fsp3) is 0.583. The molecule has 2 heterocycles. The number of aromatic nitrogens is 4. The van der Waals surface area contributed by atoms with Gasteiger partial charge in [-0.05, 0) is 25.7 Å². The van der Waals surface area contributed by atoms with Crippen LogP contribution in [0.15, 0.2) is 6.33 Å². The van der Waals surface area contributed by atoms with Gasteiger partial charge in [-0.25, -0.2) is 4.98 Å². The van der Waals surface area contributed by atoms with Gasteiger partial charge in [0.05, 0.1) is 6.33 Å². The minimum absolute atomic E-state index is 0.207. The summed E-state index contributed by atoms with van der Waals surface area (Å²) in [6.07, 6.45) is 9.01. The zero-order valence-electron chi connectivity index (χ0n) is 10.2. The summed E-state index contributed by atoms with van der Waals surface area (Å²) in [6, 6.07) is 0. The van der Waals surface area contributed by atoms with Gasteiger partial charge in [0.25, 0.3) is 0 Å². The minimum atomic E-state index is 0.207. The maximum Gasteiger partial charge on any atom is 0.245 e. The van der Waals surface area contributed by atoms with Gasteiger partial charge in [0.2, 0.25) is 11.8 Å². The minimum Gasteiger partial charge on any atom is -0.473 e. The maximum atomic E-state index is 5.99. The lowest BCUT2D eigenvalue weighted by atomic mass is 10.1. The lowest BCUT2D eigenvalue weighted by Gasteiger charge is -2.16. The Labute approximate surface area is 105 Å². The van der Waals surface area contributed by atoms with Crippen LogP contribution in [-0.2, 0) is 0 Å². The monoisotopic (exact) mass is 247 g/mol. The molecule has 96 valence electrons. The molecule has 18 heavy (non-hydrogen) atoms. The summed E-state index contributed by atoms with van der Waals surface area (Å²) in [7, 11) is 0. The number of hydrogen-bond donors (Lipinski definition) is 2. The molecule has 1 aliphatic rings. The van der Waals surface area contributed by atoms with Crippen molar-refractivity contribution in [3.8, 4) is 5.88 Å². The number of nitrogen functional groups attached to an aromatic ring is 1. The number of H-pyrrole nitrogens is 1. The molecule has 2 aromatic rings. The van der Waals surface area contributed by atoms with E-state index in [1.54, 1.807) is 6.33 Å². The highest BCUT2D eigenvalue weighted by molar-refractivity contribution is 5.76. The number of imidazole rings is 1. The number of fused-ring (bicyclic) bond motifs is 1. The van der Waals surface area contributed by atoms with Crippen molar-refractivity contribution in [1.82, 2.24) is 19.9 Å². The molecule has 1 fully saturated rings. The first kappa shape index (κ1) is 11.3. The van der Waals surface area contributed by atoms with Crippen molar-refractivity contribution in [1.29, 1.82) is 0 Å². The average molecular weight is 247 g/mol. The van der Waals surface area contributed by atoms with Crippen LogP contribution in [0.4, 0.5) is 5.95 Å². The van der Waals surface area contributed by atoms with Crippen molar-refractivity contribution in [2.75, 3.05) is 5.73 Å². The molecule has 0 aromatic carbocycles. The Balaban J connectivity index is 1.86. The highest BCUT2D eigenvalue weighted by Gasteiger charge is 2.17. The SMILES string of the molecule is Nc1nc(OC2CCCCCC2)c2[nH]cnc2n1. The van der Waals surface area contributed by atoms with E-state index in [-0.39, 0.29) is 12.1 Å². The van der Waals surface area contributed by atoms with Gasteiger partial charge in [-0.1, -0.05) is 12.8 Å². The third-order valence-corrected chi connectivity index (χ3v) is 3.35. The Hall–Kier alpha value is -1.85. The summed E-state index contributed by atoms with van der Waals surface area (Å²) < 4.78 is 5.99. The molecule has 1 saturated carbocycles. The van der Waals surface area contributed by atoms with Crippen molar-refractivity contribution >= 4 is 17.1 Å². The van der Waals surface area contributed by atoms with Gasteiger partial charge in [0.15, 0.2) is 5.65 Å². The third kappa shape index (κ3) is 2.23. The molecule has 0 bridgehead atoms. The topological polar surface area (TPSA) is 89.7 Å². The summed E-state index contributed by atoms with van der Waals surface area (Å²) in [4.78, 5) is 15.3. The van der Waals surface area contributed by atoms with Crippen LogP contribution < -0.4 is 10.5 Å². The van der Waals surface area contributed by atoms with Gasteiger partial charge in [-0.2, -0.15) is 9.97 Å². The number of hydrogen-bond acceptors (Lipinski definition) is 5. The second-order valence-corrected chi connectivity index (χ2v) is 4.72. The molecule has 0 aliphatic heterocycles. The highest BCUT2D eigenvalue weighted by atomic mass is 16.5. The number of ether oxygens (including phenoxy) is 1. The van der Waals surface area contributed by atoms with E-state index in [9.17, 15) is 0 Å². The van der Waals surface area contributed by atoms with Crippen LogP contribution in [0, 0.1) is 0 Å². The molecule has 0 atom stereocenters. The molecule has 0 radical (unpaired) electrons. The Bertz CT molecular complexity index is 530. The van der Waals surface area contributed by atoms with Gasteiger partial charge in [0.1, 0.15) is 11.6 Å². The quantitative estimate of drug-likeness (QED) is 0.792. The van der Waals surface area contributed by atoms with Crippen molar-refractivity contribution in [2.45, 2.75) is 44.6 Å². The van der Waals surface area contributed by atoms with E-state index in [2.05, 4.69) is 19.9 Å². The fourth-order valence-electron chi connectivity index (χ4n) is 2.43. The number of nitrogens with one attached hydrogen (secondary N) is 1. The number of anilines is 1. The Morgan fingerprint density at radius 3 is 2.72 bits per heavy atom. The summed E-state index contributed by atoms with van der Waals surface area (Å²) in [5.41, 5.74) is 6.96. The summed E-state index contributed by atoms with van der Waals surface area (Å²) in [6.45, 7) is 0. The van der Waals surface area contributed by atoms with Crippen LogP contribution in [0.1, 0.15) is 38.5 Å². The summed E-state index contributed by atoms with van der Waals surface area (Å²) in [5.74, 6) is 0.736. The molecule has 0 amide bonds. The van der Waals surface area contributed by atoms with Crippen molar-refractivity contribution in [3.05, 3.63) is 6.33 Å². The lowest BCUT2D eigenvalue weighted by Crippen LogP contribution is -2.16. The zero-order chi connectivity index (χ0) is 12.4. The van der Waals surface area contributed by atoms with Gasteiger partial charge < -0.3 is 15.5 Å². The second-order valence-electron chi connectivity index (χ2n) is 4.72. The molecule has 3 rings (SSSR count). The molecule has 0 saturated heterocycles. The van der Waals surface area contributed by atoms with Crippen LogP contribution >= 0.6 is 0 Å². The van der Waals surface area contributed by atoms with E-state index in [4.69, 9.17) is 10.5 Å². The zero-order valence-corrected chi connectivity index (χ0v) is 10.2. The van der Waals surface area contributed by atoms with Gasteiger partial charge in [-0.3, -0.25) is 0 Å². The predicted octanol–water partition coefficient (Wildman–Crippen LogP) is 2.04. The Morgan fingerprint density at radius 1 is 1.17 bits per heavy atom. The maximum absolute atomic E-state index is 5.99. The fourth-order valence-corrected chi connectivity index (χ4v) is 2.43. The normalized spacial score (nSPS) is 17.8. The third-order valence-electron chi connectivity index (χ3n) is 3.35. The van der Waals surface area contributed by atoms with Crippen LogP contribution in [0.25, 0.3) is 11.2 Å². The standard InChI is InChI=1S/C12H17N5O/c13-12-16-10-9(14-7-15-10)11(17-12)18-8-5-3-1-2-4-6-8/h7-8H,1-6H2,(H3,13,14,15,16,17).